The van der Waals surface area contributed by atoms with E-state index >= 15 is 0 Å². The Morgan fingerprint density at radius 3 is 2.54 bits per heavy atom. The van der Waals surface area contributed by atoms with Crippen LogP contribution in [0.15, 0.2) is 0 Å². The second-order valence-corrected chi connectivity index (χ2v) is 10.3. The Morgan fingerprint density at radius 1 is 1.17 bits per heavy atom. The van der Waals surface area contributed by atoms with E-state index < -0.39 is 17.1 Å². The van der Waals surface area contributed by atoms with Gasteiger partial charge in [0.2, 0.25) is 0 Å². The molecule has 24 heavy (non-hydrogen) atoms. The fourth-order valence-corrected chi connectivity index (χ4v) is 7.93. The van der Waals surface area contributed by atoms with Crippen LogP contribution in [0.1, 0.15) is 65.7 Å². The quantitative estimate of drug-likeness (QED) is 0.686. The number of carbonyl (C=O) groups is 1. The topological polar surface area (TPSA) is 77.8 Å². The highest BCUT2D eigenvalue weighted by Gasteiger charge is 2.72. The van der Waals surface area contributed by atoms with Crippen molar-refractivity contribution in [3.05, 3.63) is 0 Å². The van der Waals surface area contributed by atoms with Crippen LogP contribution in [0.25, 0.3) is 0 Å². The van der Waals surface area contributed by atoms with E-state index in [1.54, 1.807) is 0 Å². The van der Waals surface area contributed by atoms with Gasteiger partial charge >= 0.3 is 0 Å². The number of aliphatic hydroxyl groups is 3. The van der Waals surface area contributed by atoms with Crippen LogP contribution < -0.4 is 0 Å². The second kappa shape index (κ2) is 4.83. The van der Waals surface area contributed by atoms with Crippen LogP contribution in [0, 0.1) is 34.0 Å². The third-order valence-corrected chi connectivity index (χ3v) is 8.67. The smallest absolute Gasteiger partial charge is 0.165 e. The molecular formula is C20H32O4. The lowest BCUT2D eigenvalue weighted by Crippen LogP contribution is -2.65. The number of carbonyl (C=O) groups excluding carboxylic acids is 1. The molecule has 4 aliphatic carbocycles. The first-order chi connectivity index (χ1) is 11.1. The van der Waals surface area contributed by atoms with Gasteiger partial charge in [0.1, 0.15) is 6.10 Å². The molecular weight excluding hydrogens is 304 g/mol. The minimum Gasteiger partial charge on any atom is -0.393 e. The van der Waals surface area contributed by atoms with Crippen molar-refractivity contribution in [2.24, 2.45) is 34.0 Å². The molecule has 0 amide bonds. The molecule has 0 aromatic heterocycles. The molecule has 1 spiro atoms. The third kappa shape index (κ3) is 1.83. The lowest BCUT2D eigenvalue weighted by atomic mass is 9.40. The molecule has 0 saturated heterocycles. The van der Waals surface area contributed by atoms with E-state index in [0.29, 0.717) is 12.8 Å². The summed E-state index contributed by atoms with van der Waals surface area (Å²) in [6.07, 6.45) is 5.13. The fraction of sp³-hybridized carbons (Fsp3) is 0.950. The van der Waals surface area contributed by atoms with Gasteiger partial charge in [0.25, 0.3) is 0 Å². The van der Waals surface area contributed by atoms with E-state index in [4.69, 9.17) is 0 Å². The Morgan fingerprint density at radius 2 is 1.88 bits per heavy atom. The van der Waals surface area contributed by atoms with E-state index in [-0.39, 0.29) is 41.0 Å². The second-order valence-electron chi connectivity index (χ2n) is 10.3. The first-order valence-electron chi connectivity index (χ1n) is 9.66. The summed E-state index contributed by atoms with van der Waals surface area (Å²) in [6, 6.07) is 0. The largest absolute Gasteiger partial charge is 0.393 e. The molecule has 7 atom stereocenters. The fourth-order valence-electron chi connectivity index (χ4n) is 7.93. The van der Waals surface area contributed by atoms with Crippen LogP contribution in [0.2, 0.25) is 0 Å². The predicted octanol–water partition coefficient (Wildman–Crippen LogP) is 2.29. The molecule has 0 aliphatic heterocycles. The summed E-state index contributed by atoms with van der Waals surface area (Å²) in [5.41, 5.74) is -1.82. The van der Waals surface area contributed by atoms with Gasteiger partial charge in [0, 0.05) is 11.3 Å². The highest BCUT2D eigenvalue weighted by molar-refractivity contribution is 5.89. The van der Waals surface area contributed by atoms with Gasteiger partial charge in [-0.1, -0.05) is 27.2 Å². The van der Waals surface area contributed by atoms with Crippen molar-refractivity contribution < 1.29 is 20.1 Å². The molecule has 4 nitrogen and oxygen atoms in total. The molecule has 0 aromatic rings. The van der Waals surface area contributed by atoms with Gasteiger partial charge in [-0.25, -0.2) is 0 Å². The summed E-state index contributed by atoms with van der Waals surface area (Å²) in [5, 5.41) is 31.8. The Bertz CT molecular complexity index is 572. The average molecular weight is 336 g/mol. The zero-order valence-corrected chi connectivity index (χ0v) is 15.2. The number of fused-ring (bicyclic) bond motifs is 3. The lowest BCUT2D eigenvalue weighted by molar-refractivity contribution is -0.198. The van der Waals surface area contributed by atoms with Crippen molar-refractivity contribution in [3.63, 3.8) is 0 Å². The molecule has 0 radical (unpaired) electrons. The lowest BCUT2D eigenvalue weighted by Gasteiger charge is -2.64. The van der Waals surface area contributed by atoms with Crippen molar-refractivity contribution in [1.82, 2.24) is 0 Å². The molecule has 0 heterocycles. The molecule has 136 valence electrons. The Hall–Kier alpha value is -0.450. The van der Waals surface area contributed by atoms with Gasteiger partial charge in [-0.15, -0.1) is 0 Å². The molecule has 2 bridgehead atoms. The van der Waals surface area contributed by atoms with Crippen molar-refractivity contribution in [1.29, 1.82) is 0 Å². The summed E-state index contributed by atoms with van der Waals surface area (Å²) in [5.74, 6) is 0.182. The molecule has 4 heteroatoms. The Labute approximate surface area is 144 Å². The third-order valence-electron chi connectivity index (χ3n) is 8.67. The zero-order chi connectivity index (χ0) is 17.5. The minimum absolute atomic E-state index is 0.00119. The monoisotopic (exact) mass is 336 g/mol. The van der Waals surface area contributed by atoms with Gasteiger partial charge < -0.3 is 15.3 Å². The van der Waals surface area contributed by atoms with Crippen molar-refractivity contribution in [2.75, 3.05) is 6.61 Å². The van der Waals surface area contributed by atoms with Crippen LogP contribution in [0.3, 0.4) is 0 Å². The van der Waals surface area contributed by atoms with Crippen LogP contribution in [0.5, 0.6) is 0 Å². The normalized spacial score (nSPS) is 55.8. The van der Waals surface area contributed by atoms with E-state index in [0.717, 1.165) is 32.1 Å². The summed E-state index contributed by atoms with van der Waals surface area (Å²) in [6.45, 7) is 6.37. The maximum atomic E-state index is 13.3. The molecule has 4 fully saturated rings. The molecule has 7 unspecified atom stereocenters. The number of rotatable bonds is 1. The van der Waals surface area contributed by atoms with Gasteiger partial charge in [-0.05, 0) is 61.2 Å². The van der Waals surface area contributed by atoms with Crippen LogP contribution in [-0.2, 0) is 4.79 Å². The van der Waals surface area contributed by atoms with Crippen molar-refractivity contribution in [2.45, 2.75) is 77.4 Å². The highest BCUT2D eigenvalue weighted by atomic mass is 16.3. The molecule has 0 aromatic carbocycles. The van der Waals surface area contributed by atoms with Gasteiger partial charge in [0.15, 0.2) is 5.78 Å². The Kier molecular flexibility index (Phi) is 3.42. The standard InChI is InChI=1S/C20H32O4/c1-17(2)7-4-8-18(3)13-6-5-12-9-19(13,10-20(12,24)11-21)16(23)14(22)15(17)18/h12-13,15-16,21,23-24H,4-11H2,1-3H3. The maximum Gasteiger partial charge on any atom is 0.165 e. The predicted molar refractivity (Wildman–Crippen MR) is 90.2 cm³/mol. The first kappa shape index (κ1) is 17.0. The minimum atomic E-state index is -1.12. The highest BCUT2D eigenvalue weighted by Crippen LogP contribution is 2.71. The van der Waals surface area contributed by atoms with E-state index in [1.165, 1.54) is 0 Å². The maximum absolute atomic E-state index is 13.3. The number of ketones is 1. The Balaban J connectivity index is 1.83. The molecule has 4 saturated carbocycles. The number of aliphatic hydroxyl groups excluding tert-OH is 2. The van der Waals surface area contributed by atoms with Crippen molar-refractivity contribution in [3.8, 4) is 0 Å². The number of Topliss-reactive ketones (excluding diaryl/α,β-unsaturated/α-hetero) is 1. The van der Waals surface area contributed by atoms with Gasteiger partial charge in [-0.3, -0.25) is 4.79 Å². The zero-order valence-electron chi connectivity index (χ0n) is 15.2. The summed E-state index contributed by atoms with van der Waals surface area (Å²) in [4.78, 5) is 13.3. The van der Waals surface area contributed by atoms with Gasteiger partial charge in [-0.2, -0.15) is 0 Å². The van der Waals surface area contributed by atoms with Crippen LogP contribution in [-0.4, -0.2) is 39.4 Å². The van der Waals surface area contributed by atoms with Crippen molar-refractivity contribution >= 4 is 5.78 Å². The summed E-state index contributed by atoms with van der Waals surface area (Å²) in [7, 11) is 0. The first-order valence-corrected chi connectivity index (χ1v) is 9.66. The summed E-state index contributed by atoms with van der Waals surface area (Å²) >= 11 is 0. The van der Waals surface area contributed by atoms with Crippen LogP contribution in [0.4, 0.5) is 0 Å². The number of hydrogen-bond donors (Lipinski definition) is 3. The molecule has 4 aliphatic rings. The molecule has 3 N–H and O–H groups in total. The van der Waals surface area contributed by atoms with Gasteiger partial charge in [0.05, 0.1) is 12.2 Å². The van der Waals surface area contributed by atoms with E-state index in [9.17, 15) is 20.1 Å². The average Bonchev–Trinajstić information content (AvgIpc) is 2.73. The summed E-state index contributed by atoms with van der Waals surface area (Å²) < 4.78 is 0. The number of hydrogen-bond acceptors (Lipinski definition) is 4. The van der Waals surface area contributed by atoms with Crippen LogP contribution >= 0.6 is 0 Å². The van der Waals surface area contributed by atoms with E-state index in [2.05, 4.69) is 20.8 Å². The SMILES string of the molecule is CC1(C)CCCC2(C)C1C(=O)C(O)C13CC(CCC21)C(O)(CO)C3. The van der Waals surface area contributed by atoms with E-state index in [1.807, 2.05) is 0 Å². The molecule has 4 rings (SSSR count).